The molecule has 1 amide bonds. The Kier molecular flexibility index (Phi) is 6.38. The molecule has 2 aliphatic rings. The van der Waals surface area contributed by atoms with Crippen LogP contribution >= 0.6 is 0 Å². The van der Waals surface area contributed by atoms with Crippen LogP contribution in [0.1, 0.15) is 36.1 Å². The zero-order valence-corrected chi connectivity index (χ0v) is 20.2. The number of Topliss-reactive ketones (excluding diaryl/α,β-unsaturated/α-hetero) is 1. The Morgan fingerprint density at radius 2 is 1.86 bits per heavy atom. The smallest absolute Gasteiger partial charge is 0.300 e. The summed E-state index contributed by atoms with van der Waals surface area (Å²) in [5, 5.41) is 11.4. The van der Waals surface area contributed by atoms with E-state index in [-0.39, 0.29) is 11.3 Å². The van der Waals surface area contributed by atoms with E-state index in [9.17, 15) is 14.7 Å². The van der Waals surface area contributed by atoms with Crippen molar-refractivity contribution >= 4 is 23.1 Å². The Morgan fingerprint density at radius 3 is 2.61 bits per heavy atom. The van der Waals surface area contributed by atoms with Gasteiger partial charge >= 0.3 is 0 Å². The molecule has 0 saturated carbocycles. The number of hydrogen-bond acceptors (Lipinski definition) is 6. The minimum Gasteiger partial charge on any atom is -0.507 e. The SMILES string of the molecule is CCCOc1ccc(C2/C(=C(/O)c3ccc4c(c3)CCO4)C(=O)C(=O)N2c2cccc(OC)c2)cc1. The number of carbonyl (C=O) groups is 2. The number of benzene rings is 3. The highest BCUT2D eigenvalue weighted by atomic mass is 16.5. The second-order valence-electron chi connectivity index (χ2n) is 8.71. The second-order valence-corrected chi connectivity index (χ2v) is 8.71. The Hall–Kier alpha value is -4.26. The molecule has 2 aliphatic heterocycles. The van der Waals surface area contributed by atoms with Gasteiger partial charge < -0.3 is 19.3 Å². The van der Waals surface area contributed by atoms with Crippen LogP contribution in [0.5, 0.6) is 17.2 Å². The van der Waals surface area contributed by atoms with Gasteiger partial charge in [-0.25, -0.2) is 0 Å². The number of fused-ring (bicyclic) bond motifs is 1. The summed E-state index contributed by atoms with van der Waals surface area (Å²) >= 11 is 0. The van der Waals surface area contributed by atoms with Crippen molar-refractivity contribution in [2.24, 2.45) is 0 Å². The zero-order chi connectivity index (χ0) is 25.2. The Labute approximate surface area is 209 Å². The number of nitrogens with zero attached hydrogens (tertiary/aromatic N) is 1. The lowest BCUT2D eigenvalue weighted by Gasteiger charge is -2.26. The van der Waals surface area contributed by atoms with E-state index in [0.717, 1.165) is 24.2 Å². The van der Waals surface area contributed by atoms with Gasteiger partial charge in [0.05, 0.1) is 31.9 Å². The van der Waals surface area contributed by atoms with Gasteiger partial charge in [0.2, 0.25) is 0 Å². The summed E-state index contributed by atoms with van der Waals surface area (Å²) in [6.45, 7) is 3.19. The third kappa shape index (κ3) is 4.17. The topological polar surface area (TPSA) is 85.3 Å². The van der Waals surface area contributed by atoms with E-state index in [4.69, 9.17) is 14.2 Å². The largest absolute Gasteiger partial charge is 0.507 e. The number of aliphatic hydroxyl groups is 1. The maximum Gasteiger partial charge on any atom is 0.300 e. The van der Waals surface area contributed by atoms with Crippen molar-refractivity contribution in [2.75, 3.05) is 25.2 Å². The van der Waals surface area contributed by atoms with Crippen molar-refractivity contribution in [3.05, 3.63) is 89.0 Å². The normalized spacial score (nSPS) is 18.2. The maximum atomic E-state index is 13.4. The molecule has 3 aromatic carbocycles. The number of hydrogen-bond donors (Lipinski definition) is 1. The fourth-order valence-corrected chi connectivity index (χ4v) is 4.63. The molecule has 1 atom stereocenters. The third-order valence-corrected chi connectivity index (χ3v) is 6.41. The predicted molar refractivity (Wildman–Crippen MR) is 136 cm³/mol. The highest BCUT2D eigenvalue weighted by molar-refractivity contribution is 6.51. The van der Waals surface area contributed by atoms with Crippen LogP contribution in [0.4, 0.5) is 5.69 Å². The number of carbonyl (C=O) groups excluding carboxylic acids is 2. The summed E-state index contributed by atoms with van der Waals surface area (Å²) in [4.78, 5) is 28.2. The number of ketones is 1. The van der Waals surface area contributed by atoms with Gasteiger partial charge in [0.25, 0.3) is 11.7 Å². The molecule has 1 fully saturated rings. The summed E-state index contributed by atoms with van der Waals surface area (Å²) in [5.41, 5.74) is 2.62. The minimum absolute atomic E-state index is 0.0314. The molecule has 2 heterocycles. The monoisotopic (exact) mass is 485 g/mol. The Balaban J connectivity index is 1.65. The van der Waals surface area contributed by atoms with Gasteiger partial charge in [-0.05, 0) is 60.0 Å². The first kappa shape index (κ1) is 23.5. The number of methoxy groups -OCH3 is 1. The predicted octanol–water partition coefficient (Wildman–Crippen LogP) is 5.05. The van der Waals surface area contributed by atoms with E-state index >= 15 is 0 Å². The van der Waals surface area contributed by atoms with Crippen molar-refractivity contribution in [2.45, 2.75) is 25.8 Å². The van der Waals surface area contributed by atoms with E-state index in [1.807, 2.05) is 37.3 Å². The van der Waals surface area contributed by atoms with Crippen LogP contribution in [0.25, 0.3) is 5.76 Å². The summed E-state index contributed by atoms with van der Waals surface area (Å²) in [5.74, 6) is 0.328. The lowest BCUT2D eigenvalue weighted by Crippen LogP contribution is -2.29. The lowest BCUT2D eigenvalue weighted by atomic mass is 9.94. The van der Waals surface area contributed by atoms with E-state index < -0.39 is 17.7 Å². The highest BCUT2D eigenvalue weighted by Crippen LogP contribution is 2.43. The third-order valence-electron chi connectivity index (χ3n) is 6.41. The highest BCUT2D eigenvalue weighted by Gasteiger charge is 2.47. The number of aliphatic hydroxyl groups excluding tert-OH is 1. The number of amides is 1. The van der Waals surface area contributed by atoms with Crippen LogP contribution < -0.4 is 19.1 Å². The zero-order valence-electron chi connectivity index (χ0n) is 20.2. The van der Waals surface area contributed by atoms with Crippen molar-refractivity contribution < 1.29 is 28.9 Å². The van der Waals surface area contributed by atoms with Gasteiger partial charge in [-0.15, -0.1) is 0 Å². The van der Waals surface area contributed by atoms with E-state index in [0.29, 0.717) is 41.5 Å². The molecular weight excluding hydrogens is 458 g/mol. The fraction of sp³-hybridized carbons (Fsp3) is 0.241. The first-order valence-corrected chi connectivity index (χ1v) is 12.0. The molecule has 1 N–H and O–H groups in total. The average molecular weight is 486 g/mol. The van der Waals surface area contributed by atoms with Crippen LogP contribution in [0.2, 0.25) is 0 Å². The molecule has 5 rings (SSSR count). The quantitative estimate of drug-likeness (QED) is 0.287. The lowest BCUT2D eigenvalue weighted by molar-refractivity contribution is -0.132. The van der Waals surface area contributed by atoms with Gasteiger partial charge in [-0.3, -0.25) is 14.5 Å². The van der Waals surface area contributed by atoms with E-state index in [2.05, 4.69) is 0 Å². The second kappa shape index (κ2) is 9.77. The number of rotatable bonds is 7. The van der Waals surface area contributed by atoms with Gasteiger partial charge in [0, 0.05) is 23.7 Å². The molecule has 1 saturated heterocycles. The fourth-order valence-electron chi connectivity index (χ4n) is 4.63. The van der Waals surface area contributed by atoms with Gasteiger partial charge in [-0.2, -0.15) is 0 Å². The summed E-state index contributed by atoms with van der Waals surface area (Å²) < 4.78 is 16.6. The summed E-state index contributed by atoms with van der Waals surface area (Å²) in [7, 11) is 1.54. The maximum absolute atomic E-state index is 13.4. The molecule has 7 heteroatoms. The van der Waals surface area contributed by atoms with E-state index in [1.54, 1.807) is 36.4 Å². The molecule has 0 radical (unpaired) electrons. The van der Waals surface area contributed by atoms with Gasteiger partial charge in [0.1, 0.15) is 23.0 Å². The summed E-state index contributed by atoms with van der Waals surface area (Å²) in [6, 6.07) is 18.7. The molecular formula is C29H27NO6. The molecule has 0 spiro atoms. The first-order chi connectivity index (χ1) is 17.5. The van der Waals surface area contributed by atoms with Gasteiger partial charge in [0.15, 0.2) is 0 Å². The average Bonchev–Trinajstić information content (AvgIpc) is 3.49. The van der Waals surface area contributed by atoms with E-state index in [1.165, 1.54) is 12.0 Å². The Bertz CT molecular complexity index is 1340. The molecule has 0 aromatic heterocycles. The molecule has 36 heavy (non-hydrogen) atoms. The summed E-state index contributed by atoms with van der Waals surface area (Å²) in [6.07, 6.45) is 1.60. The van der Waals surface area contributed by atoms with Crippen LogP contribution in [0, 0.1) is 0 Å². The Morgan fingerprint density at radius 1 is 1.06 bits per heavy atom. The van der Waals surface area contributed by atoms with Crippen LogP contribution in [-0.2, 0) is 16.0 Å². The molecule has 3 aromatic rings. The molecule has 7 nitrogen and oxygen atoms in total. The number of anilines is 1. The van der Waals surface area contributed by atoms with Crippen molar-refractivity contribution in [3.8, 4) is 17.2 Å². The van der Waals surface area contributed by atoms with Crippen LogP contribution in [0.15, 0.2) is 72.3 Å². The van der Waals surface area contributed by atoms with Crippen molar-refractivity contribution in [3.63, 3.8) is 0 Å². The van der Waals surface area contributed by atoms with Gasteiger partial charge in [-0.1, -0.05) is 25.1 Å². The molecule has 184 valence electrons. The first-order valence-electron chi connectivity index (χ1n) is 12.0. The van der Waals surface area contributed by atoms with Crippen molar-refractivity contribution in [1.29, 1.82) is 0 Å². The minimum atomic E-state index is -0.832. The molecule has 0 aliphatic carbocycles. The van der Waals surface area contributed by atoms with Crippen molar-refractivity contribution in [1.82, 2.24) is 0 Å². The van der Waals surface area contributed by atoms with Crippen LogP contribution in [-0.4, -0.2) is 37.1 Å². The molecule has 0 bridgehead atoms. The number of ether oxygens (including phenoxy) is 3. The standard InChI is InChI=1S/C29H27NO6/c1-3-14-35-22-10-7-18(8-11-22)26-25(27(31)20-9-12-24-19(16-20)13-15-36-24)28(32)29(33)30(26)21-5-4-6-23(17-21)34-2/h4-12,16-17,26,31H,3,13-15H2,1-2H3/b27-25-. The molecule has 1 unspecified atom stereocenters. The van der Waals surface area contributed by atoms with Crippen LogP contribution in [0.3, 0.4) is 0 Å².